The predicted molar refractivity (Wildman–Crippen MR) is 86.3 cm³/mol. The Morgan fingerprint density at radius 1 is 1.43 bits per heavy atom. The van der Waals surface area contributed by atoms with Gasteiger partial charge in [-0.3, -0.25) is 0 Å². The summed E-state index contributed by atoms with van der Waals surface area (Å²) in [6.07, 6.45) is 0.851. The van der Waals surface area contributed by atoms with E-state index in [0.29, 0.717) is 5.92 Å². The summed E-state index contributed by atoms with van der Waals surface area (Å²) >= 11 is 13.7. The van der Waals surface area contributed by atoms with Gasteiger partial charge in [0.15, 0.2) is 11.0 Å². The van der Waals surface area contributed by atoms with E-state index in [-0.39, 0.29) is 0 Å². The van der Waals surface area contributed by atoms with Crippen LogP contribution in [0, 0.1) is 5.92 Å². The van der Waals surface area contributed by atoms with Crippen LogP contribution in [0.2, 0.25) is 0 Å². The van der Waals surface area contributed by atoms with Crippen molar-refractivity contribution in [2.24, 2.45) is 13.0 Å². The number of halogens is 2. The Morgan fingerprint density at radius 2 is 2.19 bits per heavy atom. The van der Waals surface area contributed by atoms with Crippen LogP contribution in [0.25, 0.3) is 11.4 Å². The Kier molecular flexibility index (Phi) is 4.08. The third kappa shape index (κ3) is 3.15. The second-order valence-corrected chi connectivity index (χ2v) is 7.60. The molecule has 0 N–H and O–H groups in total. The summed E-state index contributed by atoms with van der Waals surface area (Å²) in [6, 6.07) is 7.78. The molecule has 1 aromatic carbocycles. The Bertz CT molecular complexity index is 659. The van der Waals surface area contributed by atoms with Gasteiger partial charge in [-0.05, 0) is 18.6 Å². The van der Waals surface area contributed by atoms with Crippen molar-refractivity contribution in [1.29, 1.82) is 0 Å². The average Bonchev–Trinajstić information content (AvgIpc) is 2.92. The smallest absolute Gasteiger partial charge is 0.191 e. The number of methoxy groups -OCH3 is 1. The molecule has 0 radical (unpaired) electrons. The lowest BCUT2D eigenvalue weighted by atomic mass is 10.2. The van der Waals surface area contributed by atoms with Gasteiger partial charge in [-0.2, -0.15) is 0 Å². The molecule has 1 aromatic heterocycles. The molecular weight excluding hydrogens is 329 g/mol. The van der Waals surface area contributed by atoms with Crippen molar-refractivity contribution in [1.82, 2.24) is 14.8 Å². The SMILES string of the molecule is COc1cccc(-c2nnc(SCC3CC3(Cl)Cl)n2C)c1. The summed E-state index contributed by atoms with van der Waals surface area (Å²) in [5.41, 5.74) is 0.978. The quantitative estimate of drug-likeness (QED) is 0.611. The second kappa shape index (κ2) is 5.71. The van der Waals surface area contributed by atoms with E-state index in [0.717, 1.165) is 34.5 Å². The summed E-state index contributed by atoms with van der Waals surface area (Å²) in [6.45, 7) is 0. The molecule has 1 atom stereocenters. The third-order valence-electron chi connectivity index (χ3n) is 3.53. The number of aromatic nitrogens is 3. The highest BCUT2D eigenvalue weighted by Gasteiger charge is 2.51. The molecule has 7 heteroatoms. The number of benzene rings is 1. The molecule has 1 heterocycles. The fraction of sp³-hybridized carbons (Fsp3) is 0.429. The van der Waals surface area contributed by atoms with Crippen LogP contribution in [0.1, 0.15) is 6.42 Å². The molecule has 1 aliphatic carbocycles. The molecule has 0 spiro atoms. The number of hydrogen-bond donors (Lipinski definition) is 0. The van der Waals surface area contributed by atoms with Gasteiger partial charge in [0.05, 0.1) is 7.11 Å². The Balaban J connectivity index is 1.75. The summed E-state index contributed by atoms with van der Waals surface area (Å²) in [4.78, 5) is 0. The molecule has 1 fully saturated rings. The lowest BCUT2D eigenvalue weighted by Crippen LogP contribution is -1.98. The number of hydrogen-bond acceptors (Lipinski definition) is 4. The van der Waals surface area contributed by atoms with Crippen molar-refractivity contribution in [2.75, 3.05) is 12.9 Å². The molecule has 1 aliphatic rings. The van der Waals surface area contributed by atoms with Crippen LogP contribution in [-0.4, -0.2) is 32.0 Å². The number of nitrogens with zero attached hydrogens (tertiary/aromatic N) is 3. The van der Waals surface area contributed by atoms with Crippen molar-refractivity contribution >= 4 is 35.0 Å². The number of rotatable bonds is 5. The van der Waals surface area contributed by atoms with E-state index in [1.165, 1.54) is 0 Å². The monoisotopic (exact) mass is 343 g/mol. The van der Waals surface area contributed by atoms with Gasteiger partial charge in [-0.25, -0.2) is 0 Å². The van der Waals surface area contributed by atoms with Gasteiger partial charge < -0.3 is 9.30 Å². The van der Waals surface area contributed by atoms with Gasteiger partial charge in [-0.15, -0.1) is 33.4 Å². The molecule has 21 heavy (non-hydrogen) atoms. The van der Waals surface area contributed by atoms with E-state index in [9.17, 15) is 0 Å². The molecule has 1 unspecified atom stereocenters. The third-order valence-corrected chi connectivity index (χ3v) is 5.64. The van der Waals surface area contributed by atoms with E-state index in [1.807, 2.05) is 35.9 Å². The first-order chi connectivity index (χ1) is 10.0. The summed E-state index contributed by atoms with van der Waals surface area (Å²) in [5, 5.41) is 9.38. The molecule has 112 valence electrons. The summed E-state index contributed by atoms with van der Waals surface area (Å²) < 4.78 is 6.68. The highest BCUT2D eigenvalue weighted by atomic mass is 35.5. The average molecular weight is 344 g/mol. The van der Waals surface area contributed by atoms with E-state index in [1.54, 1.807) is 18.9 Å². The first-order valence-corrected chi connectivity index (χ1v) is 8.30. The summed E-state index contributed by atoms with van der Waals surface area (Å²) in [7, 11) is 3.61. The van der Waals surface area contributed by atoms with Crippen molar-refractivity contribution in [3.05, 3.63) is 24.3 Å². The van der Waals surface area contributed by atoms with Crippen molar-refractivity contribution in [2.45, 2.75) is 15.9 Å². The Morgan fingerprint density at radius 3 is 2.86 bits per heavy atom. The van der Waals surface area contributed by atoms with Gasteiger partial charge in [0.2, 0.25) is 0 Å². The first kappa shape index (κ1) is 15.0. The molecule has 0 aliphatic heterocycles. The van der Waals surface area contributed by atoms with Crippen molar-refractivity contribution < 1.29 is 4.74 Å². The maximum atomic E-state index is 6.04. The van der Waals surface area contributed by atoms with Crippen LogP contribution < -0.4 is 4.74 Å². The van der Waals surface area contributed by atoms with Crippen molar-refractivity contribution in [3.8, 4) is 17.1 Å². The van der Waals surface area contributed by atoms with Crippen LogP contribution in [0.4, 0.5) is 0 Å². The molecule has 0 bridgehead atoms. The van der Waals surface area contributed by atoms with Crippen LogP contribution in [0.3, 0.4) is 0 Å². The minimum atomic E-state index is -0.540. The standard InChI is InChI=1S/C14H15Cl2N3OS/c1-19-12(9-4-3-5-11(6-9)20-2)17-18-13(19)21-8-10-7-14(10,15)16/h3-6,10H,7-8H2,1-2H3. The van der Waals surface area contributed by atoms with Crippen LogP contribution in [0.5, 0.6) is 5.75 Å². The zero-order chi connectivity index (χ0) is 15.0. The molecule has 0 saturated heterocycles. The van der Waals surface area contributed by atoms with Crippen LogP contribution >= 0.6 is 35.0 Å². The number of alkyl halides is 2. The van der Waals surface area contributed by atoms with Gasteiger partial charge >= 0.3 is 0 Å². The normalized spacial score (nSPS) is 19.5. The maximum Gasteiger partial charge on any atom is 0.191 e. The van der Waals surface area contributed by atoms with E-state index in [4.69, 9.17) is 27.9 Å². The fourth-order valence-corrected chi connectivity index (χ4v) is 3.92. The molecular formula is C14H15Cl2N3OS. The highest BCUT2D eigenvalue weighted by Crippen LogP contribution is 2.54. The topological polar surface area (TPSA) is 39.9 Å². The molecule has 2 aromatic rings. The largest absolute Gasteiger partial charge is 0.497 e. The predicted octanol–water partition coefficient (Wildman–Crippen LogP) is 3.78. The van der Waals surface area contributed by atoms with Crippen molar-refractivity contribution in [3.63, 3.8) is 0 Å². The van der Waals surface area contributed by atoms with Crippen LogP contribution in [0.15, 0.2) is 29.4 Å². The Labute approximate surface area is 137 Å². The van der Waals surface area contributed by atoms with Gasteiger partial charge in [-0.1, -0.05) is 23.9 Å². The number of ether oxygens (including phenoxy) is 1. The van der Waals surface area contributed by atoms with E-state index in [2.05, 4.69) is 10.2 Å². The maximum absolute atomic E-state index is 6.04. The molecule has 3 rings (SSSR count). The molecule has 1 saturated carbocycles. The zero-order valence-electron chi connectivity index (χ0n) is 11.7. The second-order valence-electron chi connectivity index (χ2n) is 5.07. The minimum Gasteiger partial charge on any atom is -0.497 e. The van der Waals surface area contributed by atoms with E-state index >= 15 is 0 Å². The molecule has 4 nitrogen and oxygen atoms in total. The lowest BCUT2D eigenvalue weighted by Gasteiger charge is -2.05. The van der Waals surface area contributed by atoms with E-state index < -0.39 is 4.33 Å². The lowest BCUT2D eigenvalue weighted by molar-refractivity contribution is 0.415. The summed E-state index contributed by atoms with van der Waals surface area (Å²) in [5.74, 6) is 2.81. The zero-order valence-corrected chi connectivity index (χ0v) is 14.0. The number of thioether (sulfide) groups is 1. The minimum absolute atomic E-state index is 0.336. The van der Waals surface area contributed by atoms with Gasteiger partial charge in [0.25, 0.3) is 0 Å². The fourth-order valence-electron chi connectivity index (χ4n) is 2.08. The van der Waals surface area contributed by atoms with Crippen LogP contribution in [-0.2, 0) is 7.05 Å². The van der Waals surface area contributed by atoms with Gasteiger partial charge in [0.1, 0.15) is 10.1 Å². The highest BCUT2D eigenvalue weighted by molar-refractivity contribution is 7.99. The Hall–Kier alpha value is -0.910. The first-order valence-electron chi connectivity index (χ1n) is 6.55. The van der Waals surface area contributed by atoms with Gasteiger partial charge in [0, 0.05) is 24.3 Å². The molecule has 0 amide bonds.